The Morgan fingerprint density at radius 1 is 1.08 bits per heavy atom. The third-order valence-corrected chi connectivity index (χ3v) is 4.34. The zero-order valence-corrected chi connectivity index (χ0v) is 14.2. The first kappa shape index (κ1) is 16.1. The van der Waals surface area contributed by atoms with Crippen LogP contribution in [-0.2, 0) is 4.74 Å². The molecule has 1 aliphatic heterocycles. The smallest absolute Gasteiger partial charge is 0.342 e. The monoisotopic (exact) mass is 349 g/mol. The number of esters is 1. The van der Waals surface area contributed by atoms with Gasteiger partial charge in [-0.15, -0.1) is 0 Å². The molecule has 0 saturated heterocycles. The van der Waals surface area contributed by atoms with Crippen LogP contribution in [0.25, 0.3) is 22.3 Å². The third-order valence-electron chi connectivity index (χ3n) is 4.34. The van der Waals surface area contributed by atoms with Gasteiger partial charge < -0.3 is 9.15 Å². The molecule has 2 amide bonds. The van der Waals surface area contributed by atoms with Crippen molar-refractivity contribution < 1.29 is 23.5 Å². The number of amides is 2. The van der Waals surface area contributed by atoms with E-state index in [9.17, 15) is 14.4 Å². The van der Waals surface area contributed by atoms with E-state index < -0.39 is 17.8 Å². The number of furan rings is 1. The van der Waals surface area contributed by atoms with Crippen LogP contribution in [0, 0.1) is 6.92 Å². The molecule has 1 N–H and O–H groups in total. The normalized spacial score (nSPS) is 13.0. The highest BCUT2D eigenvalue weighted by atomic mass is 16.5. The Hall–Kier alpha value is -3.41. The van der Waals surface area contributed by atoms with Gasteiger partial charge >= 0.3 is 5.97 Å². The molecule has 0 spiro atoms. The van der Waals surface area contributed by atoms with Crippen LogP contribution in [-0.4, -0.2) is 24.4 Å². The van der Waals surface area contributed by atoms with Crippen molar-refractivity contribution in [1.29, 1.82) is 0 Å². The van der Waals surface area contributed by atoms with E-state index in [1.54, 1.807) is 6.92 Å². The summed E-state index contributed by atoms with van der Waals surface area (Å²) in [6.07, 6.45) is 0. The molecule has 4 rings (SSSR count). The van der Waals surface area contributed by atoms with Gasteiger partial charge in [-0.25, -0.2) is 4.79 Å². The van der Waals surface area contributed by atoms with E-state index in [0.29, 0.717) is 22.3 Å². The Kier molecular flexibility index (Phi) is 3.61. The number of aryl methyl sites for hydroxylation is 1. The zero-order chi connectivity index (χ0) is 18.4. The van der Waals surface area contributed by atoms with Crippen LogP contribution in [0.15, 0.2) is 40.8 Å². The van der Waals surface area contributed by atoms with Gasteiger partial charge in [0.15, 0.2) is 0 Å². The molecule has 2 heterocycles. The number of carbonyl (C=O) groups excluding carboxylic acids is 3. The molecule has 26 heavy (non-hydrogen) atoms. The Bertz CT molecular complexity index is 1080. The minimum atomic E-state index is -0.536. The maximum absolute atomic E-state index is 12.6. The topological polar surface area (TPSA) is 85.6 Å². The van der Waals surface area contributed by atoms with E-state index in [1.165, 1.54) is 12.1 Å². The van der Waals surface area contributed by atoms with Gasteiger partial charge in [0.1, 0.15) is 16.9 Å². The van der Waals surface area contributed by atoms with E-state index in [-0.39, 0.29) is 23.3 Å². The third kappa shape index (κ3) is 2.38. The molecule has 0 unspecified atom stereocenters. The van der Waals surface area contributed by atoms with Crippen molar-refractivity contribution in [3.63, 3.8) is 0 Å². The SMILES string of the molecule is CCOC(=O)c1c(-c2ccc(C)cc2)oc2cc3c(cc12)C(=O)NC3=O. The summed E-state index contributed by atoms with van der Waals surface area (Å²) in [4.78, 5) is 36.4. The number of nitrogens with one attached hydrogen (secondary N) is 1. The van der Waals surface area contributed by atoms with Gasteiger partial charge in [0.2, 0.25) is 0 Å². The van der Waals surface area contributed by atoms with Crippen LogP contribution in [0.5, 0.6) is 0 Å². The van der Waals surface area contributed by atoms with Gasteiger partial charge in [-0.05, 0) is 26.0 Å². The number of benzene rings is 2. The number of hydrogen-bond donors (Lipinski definition) is 1. The average molecular weight is 349 g/mol. The summed E-state index contributed by atoms with van der Waals surface area (Å²) >= 11 is 0. The lowest BCUT2D eigenvalue weighted by Gasteiger charge is -2.04. The molecular formula is C20H15NO5. The number of hydrogen-bond acceptors (Lipinski definition) is 5. The molecule has 130 valence electrons. The van der Waals surface area contributed by atoms with Crippen molar-refractivity contribution in [1.82, 2.24) is 5.32 Å². The van der Waals surface area contributed by atoms with Crippen LogP contribution in [0.3, 0.4) is 0 Å². The van der Waals surface area contributed by atoms with Crippen molar-refractivity contribution in [3.8, 4) is 11.3 Å². The van der Waals surface area contributed by atoms with Gasteiger partial charge in [0.05, 0.1) is 17.7 Å². The highest BCUT2D eigenvalue weighted by Crippen LogP contribution is 2.36. The summed E-state index contributed by atoms with van der Waals surface area (Å²) in [6, 6.07) is 10.5. The van der Waals surface area contributed by atoms with Crippen molar-refractivity contribution in [2.24, 2.45) is 0 Å². The predicted molar refractivity (Wildman–Crippen MR) is 94.1 cm³/mol. The molecule has 1 aliphatic rings. The van der Waals surface area contributed by atoms with Crippen molar-refractivity contribution in [2.75, 3.05) is 6.61 Å². The molecule has 0 radical (unpaired) electrons. The van der Waals surface area contributed by atoms with E-state index in [1.807, 2.05) is 31.2 Å². The largest absolute Gasteiger partial charge is 0.462 e. The van der Waals surface area contributed by atoms with Gasteiger partial charge in [-0.1, -0.05) is 29.8 Å². The zero-order valence-electron chi connectivity index (χ0n) is 14.2. The number of fused-ring (bicyclic) bond motifs is 2. The molecule has 0 bridgehead atoms. The van der Waals surface area contributed by atoms with Crippen LogP contribution in [0.4, 0.5) is 0 Å². The molecule has 0 aliphatic carbocycles. The highest BCUT2D eigenvalue weighted by molar-refractivity contribution is 6.24. The first-order chi connectivity index (χ1) is 12.5. The highest BCUT2D eigenvalue weighted by Gasteiger charge is 2.31. The second-order valence-electron chi connectivity index (χ2n) is 6.07. The lowest BCUT2D eigenvalue weighted by Crippen LogP contribution is -2.19. The van der Waals surface area contributed by atoms with Crippen LogP contribution in [0.1, 0.15) is 43.6 Å². The minimum Gasteiger partial charge on any atom is -0.462 e. The summed E-state index contributed by atoms with van der Waals surface area (Å²) in [5.41, 5.74) is 2.86. The van der Waals surface area contributed by atoms with Crippen molar-refractivity contribution >= 4 is 28.8 Å². The molecule has 6 heteroatoms. The second kappa shape index (κ2) is 5.84. The fourth-order valence-corrected chi connectivity index (χ4v) is 3.07. The van der Waals surface area contributed by atoms with Gasteiger partial charge in [0, 0.05) is 10.9 Å². The minimum absolute atomic E-state index is 0.211. The fraction of sp³-hybridized carbons (Fsp3) is 0.150. The van der Waals surface area contributed by atoms with Gasteiger partial charge in [-0.2, -0.15) is 0 Å². The average Bonchev–Trinajstić information content (AvgIpc) is 3.12. The van der Waals surface area contributed by atoms with Crippen LogP contribution >= 0.6 is 0 Å². The Balaban J connectivity index is 2.00. The summed E-state index contributed by atoms with van der Waals surface area (Å²) < 4.78 is 11.1. The first-order valence-electron chi connectivity index (χ1n) is 8.20. The Morgan fingerprint density at radius 2 is 1.73 bits per heavy atom. The molecule has 3 aromatic rings. The molecule has 0 saturated carbocycles. The Labute approximate surface area is 148 Å². The second-order valence-corrected chi connectivity index (χ2v) is 6.07. The van der Waals surface area contributed by atoms with Gasteiger partial charge in [0.25, 0.3) is 11.8 Å². The number of ether oxygens (including phenoxy) is 1. The van der Waals surface area contributed by atoms with Crippen LogP contribution < -0.4 is 5.32 Å². The maximum Gasteiger partial charge on any atom is 0.342 e. The Morgan fingerprint density at radius 3 is 2.38 bits per heavy atom. The standard InChI is InChI=1S/C20H15NO5/c1-3-25-20(24)16-14-8-12-13(19(23)21-18(12)22)9-15(14)26-17(16)11-6-4-10(2)5-7-11/h4-9H,3H2,1-2H3,(H,21,22,23). The quantitative estimate of drug-likeness (QED) is 0.578. The van der Waals surface area contributed by atoms with E-state index in [4.69, 9.17) is 9.15 Å². The van der Waals surface area contributed by atoms with E-state index in [0.717, 1.165) is 5.56 Å². The van der Waals surface area contributed by atoms with Crippen LogP contribution in [0.2, 0.25) is 0 Å². The molecular weight excluding hydrogens is 334 g/mol. The molecule has 0 atom stereocenters. The number of rotatable bonds is 3. The maximum atomic E-state index is 12.6. The molecule has 0 fully saturated rings. The van der Waals surface area contributed by atoms with E-state index in [2.05, 4.69) is 5.32 Å². The summed E-state index contributed by atoms with van der Waals surface area (Å²) in [5.74, 6) is -1.14. The lowest BCUT2D eigenvalue weighted by molar-refractivity contribution is 0.0528. The number of imide groups is 1. The van der Waals surface area contributed by atoms with Crippen molar-refractivity contribution in [3.05, 3.63) is 58.7 Å². The van der Waals surface area contributed by atoms with Gasteiger partial charge in [-0.3, -0.25) is 14.9 Å². The summed E-state index contributed by atoms with van der Waals surface area (Å²) in [6.45, 7) is 3.89. The molecule has 2 aromatic carbocycles. The first-order valence-corrected chi connectivity index (χ1v) is 8.20. The molecule has 6 nitrogen and oxygen atoms in total. The summed E-state index contributed by atoms with van der Waals surface area (Å²) in [7, 11) is 0. The van der Waals surface area contributed by atoms with E-state index >= 15 is 0 Å². The van der Waals surface area contributed by atoms with Crippen molar-refractivity contribution in [2.45, 2.75) is 13.8 Å². The lowest BCUT2D eigenvalue weighted by atomic mass is 10.0. The molecule has 1 aromatic heterocycles. The summed E-state index contributed by atoms with van der Waals surface area (Å²) in [5, 5.41) is 2.68. The predicted octanol–water partition coefficient (Wildman–Crippen LogP) is 3.47. The fourth-order valence-electron chi connectivity index (χ4n) is 3.07. The number of carbonyl (C=O) groups is 3.